The second-order valence-corrected chi connectivity index (χ2v) is 8.99. The molecular weight excluding hydrogens is 402 g/mol. The molecule has 0 bridgehead atoms. The average molecular weight is 428 g/mol. The lowest BCUT2D eigenvalue weighted by Gasteiger charge is -2.36. The number of halogens is 1. The number of nitrogens with zero attached hydrogens (tertiary/aromatic N) is 4. The van der Waals surface area contributed by atoms with Crippen LogP contribution in [0.4, 0.5) is 0 Å². The zero-order valence-electron chi connectivity index (χ0n) is 17.4. The fourth-order valence-corrected chi connectivity index (χ4v) is 4.44. The predicted octanol–water partition coefficient (Wildman–Crippen LogP) is 3.84. The Morgan fingerprint density at radius 1 is 1.20 bits per heavy atom. The number of aliphatic hydroxyl groups is 1. The molecule has 8 heteroatoms. The fraction of sp³-hybridized carbons (Fsp3) is 0.455. The summed E-state index contributed by atoms with van der Waals surface area (Å²) in [6, 6.07) is 5.74. The first-order valence-corrected chi connectivity index (χ1v) is 10.6. The van der Waals surface area contributed by atoms with E-state index in [0.29, 0.717) is 16.5 Å². The van der Waals surface area contributed by atoms with E-state index in [1.165, 1.54) is 12.4 Å². The van der Waals surface area contributed by atoms with Gasteiger partial charge >= 0.3 is 0 Å². The van der Waals surface area contributed by atoms with Crippen LogP contribution in [0.3, 0.4) is 0 Å². The van der Waals surface area contributed by atoms with Gasteiger partial charge in [0, 0.05) is 23.8 Å². The molecule has 2 aromatic heterocycles. The van der Waals surface area contributed by atoms with Crippen molar-refractivity contribution in [3.05, 3.63) is 46.9 Å². The van der Waals surface area contributed by atoms with E-state index >= 15 is 0 Å². The molecule has 0 aliphatic heterocycles. The van der Waals surface area contributed by atoms with Crippen molar-refractivity contribution in [2.75, 3.05) is 0 Å². The van der Waals surface area contributed by atoms with Crippen LogP contribution in [0, 0.1) is 12.8 Å². The third-order valence-electron chi connectivity index (χ3n) is 5.99. The highest BCUT2D eigenvalue weighted by atomic mass is 35.5. The predicted molar refractivity (Wildman–Crippen MR) is 116 cm³/mol. The summed E-state index contributed by atoms with van der Waals surface area (Å²) < 4.78 is 1.60. The molecule has 0 radical (unpaired) electrons. The highest BCUT2D eigenvalue weighted by Crippen LogP contribution is 2.32. The van der Waals surface area contributed by atoms with Gasteiger partial charge in [-0.05, 0) is 58.4 Å². The molecule has 0 unspecified atom stereocenters. The SMILES string of the molecule is Cc1nn(-c2ncc(C(=O)NC3CCC(C(C)(C)O)CC3)cn2)c2c(Cl)cccc12. The topological polar surface area (TPSA) is 92.9 Å². The summed E-state index contributed by atoms with van der Waals surface area (Å²) in [5, 5.41) is 19.3. The van der Waals surface area contributed by atoms with Crippen LogP contribution < -0.4 is 5.32 Å². The fourth-order valence-electron chi connectivity index (χ4n) is 4.18. The Bertz CT molecular complexity index is 1060. The third kappa shape index (κ3) is 4.04. The normalized spacial score (nSPS) is 19.8. The Morgan fingerprint density at radius 3 is 2.50 bits per heavy atom. The van der Waals surface area contributed by atoms with Crippen LogP contribution in [0.15, 0.2) is 30.6 Å². The van der Waals surface area contributed by atoms with E-state index < -0.39 is 5.60 Å². The first-order valence-electron chi connectivity index (χ1n) is 10.2. The van der Waals surface area contributed by atoms with Crippen molar-refractivity contribution in [3.8, 4) is 5.95 Å². The van der Waals surface area contributed by atoms with Crippen molar-refractivity contribution in [1.82, 2.24) is 25.1 Å². The molecule has 3 aromatic rings. The molecule has 0 spiro atoms. The number of para-hydroxylation sites is 1. The van der Waals surface area contributed by atoms with Crippen LogP contribution in [0.1, 0.15) is 55.6 Å². The molecule has 4 rings (SSSR count). The molecule has 30 heavy (non-hydrogen) atoms. The number of hydrogen-bond acceptors (Lipinski definition) is 5. The molecule has 1 amide bonds. The van der Waals surface area contributed by atoms with Gasteiger partial charge in [0.25, 0.3) is 11.9 Å². The van der Waals surface area contributed by atoms with E-state index in [0.717, 1.165) is 42.3 Å². The van der Waals surface area contributed by atoms with Crippen LogP contribution in [-0.2, 0) is 0 Å². The maximum atomic E-state index is 12.6. The molecule has 158 valence electrons. The number of carbonyl (C=O) groups is 1. The summed E-state index contributed by atoms with van der Waals surface area (Å²) in [6.07, 6.45) is 6.54. The minimum atomic E-state index is -0.670. The average Bonchev–Trinajstić information content (AvgIpc) is 3.06. The molecule has 0 atom stereocenters. The molecule has 2 heterocycles. The van der Waals surface area contributed by atoms with Crippen molar-refractivity contribution < 1.29 is 9.90 Å². The van der Waals surface area contributed by atoms with Crippen LogP contribution in [0.5, 0.6) is 0 Å². The van der Waals surface area contributed by atoms with E-state index in [1.54, 1.807) is 10.7 Å². The summed E-state index contributed by atoms with van der Waals surface area (Å²) in [6.45, 7) is 5.61. The number of rotatable bonds is 4. The number of carbonyl (C=O) groups excluding carboxylic acids is 1. The molecule has 7 nitrogen and oxygen atoms in total. The molecular formula is C22H26ClN5O2. The van der Waals surface area contributed by atoms with Crippen LogP contribution in [0.2, 0.25) is 5.02 Å². The van der Waals surface area contributed by atoms with Gasteiger partial charge in [-0.3, -0.25) is 4.79 Å². The number of amides is 1. The van der Waals surface area contributed by atoms with Gasteiger partial charge < -0.3 is 10.4 Å². The number of hydrogen-bond donors (Lipinski definition) is 2. The Morgan fingerprint density at radius 2 is 1.87 bits per heavy atom. The molecule has 1 aromatic carbocycles. The second-order valence-electron chi connectivity index (χ2n) is 8.58. The standard InChI is InChI=1S/C22H26ClN5O2/c1-13-17-5-4-6-18(23)19(17)28(27-13)21-24-11-14(12-25-21)20(29)26-16-9-7-15(8-10-16)22(2,3)30/h4-6,11-12,15-16,30H,7-10H2,1-3H3,(H,26,29). The quantitative estimate of drug-likeness (QED) is 0.659. The number of aromatic nitrogens is 4. The smallest absolute Gasteiger partial charge is 0.254 e. The highest BCUT2D eigenvalue weighted by molar-refractivity contribution is 6.35. The van der Waals surface area contributed by atoms with E-state index in [2.05, 4.69) is 20.4 Å². The van der Waals surface area contributed by atoms with E-state index in [1.807, 2.05) is 32.9 Å². The van der Waals surface area contributed by atoms with E-state index in [9.17, 15) is 9.90 Å². The molecule has 1 fully saturated rings. The molecule has 1 saturated carbocycles. The molecule has 1 aliphatic carbocycles. The van der Waals surface area contributed by atoms with Crippen molar-refractivity contribution in [3.63, 3.8) is 0 Å². The van der Waals surface area contributed by atoms with Gasteiger partial charge in [-0.15, -0.1) is 0 Å². The van der Waals surface area contributed by atoms with Crippen molar-refractivity contribution in [1.29, 1.82) is 0 Å². The first kappa shape index (κ1) is 20.8. The number of aryl methyl sites for hydroxylation is 1. The summed E-state index contributed by atoms with van der Waals surface area (Å²) in [7, 11) is 0. The maximum Gasteiger partial charge on any atom is 0.254 e. The lowest BCUT2D eigenvalue weighted by molar-refractivity contribution is -0.00257. The van der Waals surface area contributed by atoms with Crippen molar-refractivity contribution >= 4 is 28.4 Å². The highest BCUT2D eigenvalue weighted by Gasteiger charge is 2.31. The summed E-state index contributed by atoms with van der Waals surface area (Å²) >= 11 is 6.36. The lowest BCUT2D eigenvalue weighted by Crippen LogP contribution is -2.41. The minimum Gasteiger partial charge on any atom is -0.390 e. The zero-order valence-corrected chi connectivity index (χ0v) is 18.1. The van der Waals surface area contributed by atoms with Gasteiger partial charge in [-0.25, -0.2) is 9.97 Å². The minimum absolute atomic E-state index is 0.104. The van der Waals surface area contributed by atoms with Gasteiger partial charge in [0.05, 0.1) is 27.4 Å². The van der Waals surface area contributed by atoms with Crippen molar-refractivity contribution in [2.45, 2.75) is 58.1 Å². The monoisotopic (exact) mass is 427 g/mol. The van der Waals surface area contributed by atoms with Gasteiger partial charge in [0.15, 0.2) is 0 Å². The molecule has 0 saturated heterocycles. The Balaban J connectivity index is 1.46. The van der Waals surface area contributed by atoms with Gasteiger partial charge in [0.2, 0.25) is 0 Å². The summed E-state index contributed by atoms with van der Waals surface area (Å²) in [5.74, 6) is 0.448. The van der Waals surface area contributed by atoms with Crippen LogP contribution >= 0.6 is 11.6 Å². The number of nitrogens with one attached hydrogen (secondary N) is 1. The van der Waals surface area contributed by atoms with Crippen LogP contribution in [-0.4, -0.2) is 42.4 Å². The zero-order chi connectivity index (χ0) is 21.5. The third-order valence-corrected chi connectivity index (χ3v) is 6.29. The number of benzene rings is 1. The van der Waals surface area contributed by atoms with Crippen molar-refractivity contribution in [2.24, 2.45) is 5.92 Å². The Hall–Kier alpha value is -2.51. The Labute approximate surface area is 180 Å². The summed E-state index contributed by atoms with van der Waals surface area (Å²) in [5.41, 5.74) is 1.32. The van der Waals surface area contributed by atoms with E-state index in [-0.39, 0.29) is 17.9 Å². The van der Waals surface area contributed by atoms with Gasteiger partial charge in [-0.1, -0.05) is 23.7 Å². The maximum absolute atomic E-state index is 12.6. The van der Waals surface area contributed by atoms with Gasteiger partial charge in [-0.2, -0.15) is 9.78 Å². The largest absolute Gasteiger partial charge is 0.390 e. The summed E-state index contributed by atoms with van der Waals surface area (Å²) in [4.78, 5) is 21.3. The van der Waals surface area contributed by atoms with Gasteiger partial charge in [0.1, 0.15) is 0 Å². The second kappa shape index (κ2) is 7.96. The van der Waals surface area contributed by atoms with Crippen LogP contribution in [0.25, 0.3) is 16.9 Å². The first-order chi connectivity index (χ1) is 14.2. The number of fused-ring (bicyclic) bond motifs is 1. The molecule has 2 N–H and O–H groups in total. The Kier molecular flexibility index (Phi) is 5.51. The lowest BCUT2D eigenvalue weighted by atomic mass is 9.77. The van der Waals surface area contributed by atoms with E-state index in [4.69, 9.17) is 11.6 Å². The molecule has 1 aliphatic rings.